The van der Waals surface area contributed by atoms with Gasteiger partial charge in [0, 0.05) is 22.2 Å². The highest BCUT2D eigenvalue weighted by Gasteiger charge is 2.05. The lowest BCUT2D eigenvalue weighted by molar-refractivity contribution is 0.625. The predicted molar refractivity (Wildman–Crippen MR) is 53.7 cm³/mol. The van der Waals surface area contributed by atoms with Crippen LogP contribution >= 0.6 is 0 Å². The molecule has 0 aromatic carbocycles. The van der Waals surface area contributed by atoms with Gasteiger partial charge in [-0.3, -0.25) is 4.72 Å². The maximum atomic E-state index is 13.1. The Morgan fingerprint density at radius 1 is 1.69 bits per heavy atom. The molecule has 1 aromatic heterocycles. The Balaban J connectivity index is 3.04. The van der Waals surface area contributed by atoms with Crippen LogP contribution in [0.5, 0.6) is 0 Å². The summed E-state index contributed by atoms with van der Waals surface area (Å²) in [5, 5.41) is 0. The standard InChI is InChI=1S/C8H11FN2OS/c1-6-4-7(9)8(10-5-6)11-13(2,3)12/h4-5H,2H2,1,3H3,(H,10,11,12). The number of aryl methyl sites for hydroxylation is 1. The lowest BCUT2D eigenvalue weighted by Gasteiger charge is -2.07. The highest BCUT2D eigenvalue weighted by Crippen LogP contribution is 2.12. The number of hydrogen-bond acceptors (Lipinski definition) is 2. The lowest BCUT2D eigenvalue weighted by Crippen LogP contribution is -2.12. The van der Waals surface area contributed by atoms with Gasteiger partial charge in [0.05, 0.1) is 0 Å². The van der Waals surface area contributed by atoms with Crippen LogP contribution in [0.15, 0.2) is 12.3 Å². The molecule has 1 N–H and O–H groups in total. The zero-order valence-electron chi connectivity index (χ0n) is 7.50. The second kappa shape index (κ2) is 3.33. The van der Waals surface area contributed by atoms with Crippen LogP contribution < -0.4 is 4.72 Å². The minimum Gasteiger partial charge on any atom is -0.295 e. The van der Waals surface area contributed by atoms with Gasteiger partial charge in [-0.05, 0) is 24.4 Å². The molecule has 1 rings (SSSR count). The molecule has 5 heteroatoms. The molecule has 0 aliphatic heterocycles. The maximum absolute atomic E-state index is 13.1. The van der Waals surface area contributed by atoms with Crippen molar-refractivity contribution in [2.75, 3.05) is 11.0 Å². The normalized spacial score (nSPS) is 15.0. The molecule has 0 bridgehead atoms. The molecule has 0 amide bonds. The molecule has 72 valence electrons. The number of nitrogens with one attached hydrogen (secondary N) is 1. The first kappa shape index (κ1) is 9.98. The van der Waals surface area contributed by atoms with Crippen LogP contribution in [0.25, 0.3) is 0 Å². The monoisotopic (exact) mass is 202 g/mol. The van der Waals surface area contributed by atoms with Gasteiger partial charge in [-0.15, -0.1) is 0 Å². The van der Waals surface area contributed by atoms with E-state index >= 15 is 0 Å². The van der Waals surface area contributed by atoms with Gasteiger partial charge in [0.25, 0.3) is 0 Å². The smallest absolute Gasteiger partial charge is 0.173 e. The Kier molecular flexibility index (Phi) is 2.56. The van der Waals surface area contributed by atoms with Gasteiger partial charge in [0.15, 0.2) is 11.6 Å². The van der Waals surface area contributed by atoms with Crippen LogP contribution in [0, 0.1) is 12.7 Å². The van der Waals surface area contributed by atoms with E-state index in [2.05, 4.69) is 15.6 Å². The molecule has 0 radical (unpaired) electrons. The molecule has 0 saturated heterocycles. The van der Waals surface area contributed by atoms with Crippen molar-refractivity contribution in [2.24, 2.45) is 0 Å². The minimum absolute atomic E-state index is 0.0203. The summed E-state index contributed by atoms with van der Waals surface area (Å²) < 4.78 is 26.7. The van der Waals surface area contributed by atoms with Crippen LogP contribution in [-0.2, 0) is 9.71 Å². The molecule has 1 unspecified atom stereocenters. The molecule has 1 heterocycles. The van der Waals surface area contributed by atoms with Crippen LogP contribution in [0.3, 0.4) is 0 Å². The highest BCUT2D eigenvalue weighted by atomic mass is 32.2. The number of nitrogens with zero attached hydrogens (tertiary/aromatic N) is 1. The number of anilines is 1. The first-order valence-corrected chi connectivity index (χ1v) is 5.74. The van der Waals surface area contributed by atoms with Gasteiger partial charge in [-0.1, -0.05) is 0 Å². The van der Waals surface area contributed by atoms with Gasteiger partial charge in [-0.2, -0.15) is 0 Å². The number of rotatable bonds is 2. The van der Waals surface area contributed by atoms with Crippen molar-refractivity contribution >= 4 is 21.4 Å². The number of aromatic nitrogens is 1. The van der Waals surface area contributed by atoms with Crippen LogP contribution in [-0.4, -0.2) is 21.3 Å². The number of pyridine rings is 1. The third-order valence-corrected chi connectivity index (χ3v) is 1.92. The molecular weight excluding hydrogens is 191 g/mol. The van der Waals surface area contributed by atoms with Crippen molar-refractivity contribution < 1.29 is 8.60 Å². The van der Waals surface area contributed by atoms with E-state index < -0.39 is 15.5 Å². The predicted octanol–water partition coefficient (Wildman–Crippen LogP) is 1.20. The van der Waals surface area contributed by atoms with E-state index in [9.17, 15) is 8.60 Å². The van der Waals surface area contributed by atoms with Crippen molar-refractivity contribution in [1.29, 1.82) is 0 Å². The average molecular weight is 202 g/mol. The quantitative estimate of drug-likeness (QED) is 0.732. The van der Waals surface area contributed by atoms with Crippen molar-refractivity contribution in [1.82, 2.24) is 4.98 Å². The Morgan fingerprint density at radius 3 is 2.77 bits per heavy atom. The Bertz CT molecular complexity index is 414. The molecule has 0 spiro atoms. The van der Waals surface area contributed by atoms with Gasteiger partial charge >= 0.3 is 0 Å². The molecule has 0 aliphatic carbocycles. The van der Waals surface area contributed by atoms with Crippen molar-refractivity contribution in [2.45, 2.75) is 6.92 Å². The first-order chi connectivity index (χ1) is 5.88. The second-order valence-electron chi connectivity index (χ2n) is 2.95. The highest BCUT2D eigenvalue weighted by molar-refractivity contribution is 8.00. The van der Waals surface area contributed by atoms with E-state index in [4.69, 9.17) is 0 Å². The first-order valence-electron chi connectivity index (χ1n) is 3.60. The Labute approximate surface area is 77.1 Å². The van der Waals surface area contributed by atoms with E-state index in [0.29, 0.717) is 0 Å². The summed E-state index contributed by atoms with van der Waals surface area (Å²) in [6.45, 7) is 1.73. The van der Waals surface area contributed by atoms with E-state index in [1.165, 1.54) is 18.5 Å². The van der Waals surface area contributed by atoms with Crippen LogP contribution in [0.2, 0.25) is 0 Å². The van der Waals surface area contributed by atoms with Gasteiger partial charge in [0.2, 0.25) is 0 Å². The van der Waals surface area contributed by atoms with Crippen molar-refractivity contribution in [3.63, 3.8) is 0 Å². The summed E-state index contributed by atoms with van der Waals surface area (Å²) in [6, 6.07) is 1.32. The zero-order valence-corrected chi connectivity index (χ0v) is 8.32. The van der Waals surface area contributed by atoms with E-state index in [0.717, 1.165) is 5.56 Å². The van der Waals surface area contributed by atoms with E-state index in [1.54, 1.807) is 6.92 Å². The number of halogens is 1. The maximum Gasteiger partial charge on any atom is 0.173 e. The fourth-order valence-electron chi connectivity index (χ4n) is 0.813. The minimum atomic E-state index is -2.47. The van der Waals surface area contributed by atoms with Crippen LogP contribution in [0.4, 0.5) is 10.2 Å². The van der Waals surface area contributed by atoms with Gasteiger partial charge < -0.3 is 0 Å². The summed E-state index contributed by atoms with van der Waals surface area (Å²) in [6.07, 6.45) is 2.88. The summed E-state index contributed by atoms with van der Waals surface area (Å²) in [5.41, 5.74) is 0.717. The zero-order chi connectivity index (χ0) is 10.1. The summed E-state index contributed by atoms with van der Waals surface area (Å²) in [7, 11) is -2.47. The van der Waals surface area contributed by atoms with E-state index in [-0.39, 0.29) is 5.82 Å². The van der Waals surface area contributed by atoms with E-state index in [1.807, 2.05) is 0 Å². The largest absolute Gasteiger partial charge is 0.295 e. The van der Waals surface area contributed by atoms with Crippen molar-refractivity contribution in [3.8, 4) is 0 Å². The molecule has 0 fully saturated rings. The third-order valence-electron chi connectivity index (χ3n) is 1.29. The number of hydrogen-bond donors (Lipinski definition) is 1. The Hall–Kier alpha value is -1.10. The third kappa shape index (κ3) is 3.02. The van der Waals surface area contributed by atoms with Crippen LogP contribution in [0.1, 0.15) is 5.56 Å². The van der Waals surface area contributed by atoms with Gasteiger partial charge in [0.1, 0.15) is 0 Å². The molecule has 1 aromatic rings. The molecule has 0 aliphatic rings. The molecular formula is C8H11FN2OS. The summed E-state index contributed by atoms with van der Waals surface area (Å²) in [5.74, 6) is 2.80. The van der Waals surface area contributed by atoms with Crippen molar-refractivity contribution in [3.05, 3.63) is 23.6 Å². The summed E-state index contributed by atoms with van der Waals surface area (Å²) >= 11 is 0. The molecule has 3 nitrogen and oxygen atoms in total. The topological polar surface area (TPSA) is 42.0 Å². The fraction of sp³-hybridized carbons (Fsp3) is 0.250. The second-order valence-corrected chi connectivity index (χ2v) is 5.16. The molecule has 1 atom stereocenters. The lowest BCUT2D eigenvalue weighted by atomic mass is 10.3. The van der Waals surface area contributed by atoms with Gasteiger partial charge in [-0.25, -0.2) is 13.6 Å². The SMILES string of the molecule is C=S(C)(=O)Nc1ncc(C)cc1F. The average Bonchev–Trinajstić information content (AvgIpc) is 1.93. The fourth-order valence-corrected chi connectivity index (χ4v) is 1.37. The summed E-state index contributed by atoms with van der Waals surface area (Å²) in [4.78, 5) is 3.76. The Morgan fingerprint density at radius 2 is 2.31 bits per heavy atom. The molecule has 0 saturated carbocycles. The molecule has 13 heavy (non-hydrogen) atoms.